The largest absolute Gasteiger partial charge is 0.488 e. The van der Waals surface area contributed by atoms with Crippen LogP contribution in [0.4, 0.5) is 5.69 Å². The monoisotopic (exact) mass is 687 g/mol. The topological polar surface area (TPSA) is 85.5 Å². The van der Waals surface area contributed by atoms with Crippen LogP contribution >= 0.6 is 11.6 Å². The summed E-state index contributed by atoms with van der Waals surface area (Å²) in [7, 11) is 0. The lowest BCUT2D eigenvalue weighted by molar-refractivity contribution is -0.109. The van der Waals surface area contributed by atoms with E-state index in [1.165, 1.54) is 6.20 Å². The minimum Gasteiger partial charge on any atom is -0.488 e. The number of benzene rings is 4. The Morgan fingerprint density at radius 1 is 0.900 bits per heavy atom. The second-order valence-electron chi connectivity index (χ2n) is 12.4. The number of ether oxygens (including phenoxy) is 3. The van der Waals surface area contributed by atoms with Gasteiger partial charge in [0.2, 0.25) is 5.69 Å². The molecule has 6 rings (SSSR count). The number of nitrogens with zero attached hydrogens (tertiary/aromatic N) is 3. The molecule has 1 fully saturated rings. The first kappa shape index (κ1) is 34.7. The normalized spacial score (nSPS) is 14.3. The molecule has 0 saturated carbocycles. The molecule has 0 aliphatic carbocycles. The lowest BCUT2D eigenvalue weighted by Gasteiger charge is -2.20. The molecule has 1 saturated heterocycles. The Kier molecular flexibility index (Phi) is 11.1. The summed E-state index contributed by atoms with van der Waals surface area (Å²) < 4.78 is 18.1. The molecule has 8 nitrogen and oxygen atoms in total. The zero-order valence-electron chi connectivity index (χ0n) is 28.1. The van der Waals surface area contributed by atoms with Crippen molar-refractivity contribution in [1.82, 2.24) is 9.88 Å². The van der Waals surface area contributed by atoms with Crippen LogP contribution < -0.4 is 14.2 Å². The van der Waals surface area contributed by atoms with E-state index >= 15 is 0 Å². The average molecular weight is 688 g/mol. The fourth-order valence-electron chi connectivity index (χ4n) is 6.30. The van der Waals surface area contributed by atoms with Gasteiger partial charge in [-0.2, -0.15) is 0 Å². The highest BCUT2D eigenvalue weighted by molar-refractivity contribution is 6.32. The molecule has 50 heavy (non-hydrogen) atoms. The summed E-state index contributed by atoms with van der Waals surface area (Å²) in [6.45, 7) is 14.1. The van der Waals surface area contributed by atoms with Crippen molar-refractivity contribution in [2.45, 2.75) is 46.1 Å². The number of hydrogen-bond donors (Lipinski definition) is 1. The maximum absolute atomic E-state index is 10.7. The van der Waals surface area contributed by atoms with Gasteiger partial charge in [0.1, 0.15) is 37.1 Å². The van der Waals surface area contributed by atoms with Gasteiger partial charge in [0, 0.05) is 43.7 Å². The van der Waals surface area contributed by atoms with E-state index in [9.17, 15) is 9.90 Å². The lowest BCUT2D eigenvalue weighted by Crippen LogP contribution is -2.22. The summed E-state index contributed by atoms with van der Waals surface area (Å²) in [5.74, 6) is 1.78. The van der Waals surface area contributed by atoms with Gasteiger partial charge in [0.05, 0.1) is 17.7 Å². The molecule has 1 aromatic heterocycles. The van der Waals surface area contributed by atoms with Crippen molar-refractivity contribution in [3.63, 3.8) is 0 Å². The minimum atomic E-state index is -0.341. The van der Waals surface area contributed by atoms with Gasteiger partial charge in [-0.15, -0.1) is 0 Å². The summed E-state index contributed by atoms with van der Waals surface area (Å²) >= 11 is 6.82. The average Bonchev–Trinajstić information content (AvgIpc) is 3.55. The standard InChI is InChI=1S/C41H38ClN3O5/c1-27-31(6-4-8-37(27)38-9-5-7-36(28(38)2)30-10-12-35(13-11-30)48-17-16-46)26-50-41-20-40(49-25-29-18-33(43-3)22-44-21-29)32(19-39(41)42)23-45-15-14-34(47)24-45/h4-13,16,18-22,34,47H,14-15,17,23-26H2,1-2H3/t34-/m1/s1. The van der Waals surface area contributed by atoms with Crippen molar-refractivity contribution in [2.75, 3.05) is 19.7 Å². The highest BCUT2D eigenvalue weighted by Gasteiger charge is 2.23. The maximum Gasteiger partial charge on any atom is 0.205 e. The van der Waals surface area contributed by atoms with Gasteiger partial charge >= 0.3 is 0 Å². The van der Waals surface area contributed by atoms with Crippen LogP contribution in [0.25, 0.3) is 27.1 Å². The van der Waals surface area contributed by atoms with Crippen LogP contribution in [0.5, 0.6) is 17.2 Å². The van der Waals surface area contributed by atoms with E-state index in [2.05, 4.69) is 58.9 Å². The number of pyridine rings is 1. The molecule has 9 heteroatoms. The van der Waals surface area contributed by atoms with Crippen LogP contribution in [0.2, 0.25) is 5.02 Å². The number of aliphatic hydroxyl groups excluding tert-OH is 1. The van der Waals surface area contributed by atoms with E-state index in [-0.39, 0.29) is 19.3 Å². The van der Waals surface area contributed by atoms with Crippen molar-refractivity contribution < 1.29 is 24.1 Å². The third kappa shape index (κ3) is 8.15. The van der Waals surface area contributed by atoms with Crippen molar-refractivity contribution in [3.8, 4) is 39.5 Å². The van der Waals surface area contributed by atoms with E-state index in [0.717, 1.165) is 69.3 Å². The molecule has 0 unspecified atom stereocenters. The molecule has 1 atom stereocenters. The molecule has 4 aromatic carbocycles. The zero-order chi connectivity index (χ0) is 35.0. The van der Waals surface area contributed by atoms with Crippen LogP contribution in [0.15, 0.2) is 91.3 Å². The van der Waals surface area contributed by atoms with Gasteiger partial charge in [-0.1, -0.05) is 60.1 Å². The number of aliphatic hydroxyl groups is 1. The lowest BCUT2D eigenvalue weighted by atomic mass is 9.89. The van der Waals surface area contributed by atoms with E-state index < -0.39 is 0 Å². The molecule has 0 radical (unpaired) electrons. The first-order valence-electron chi connectivity index (χ1n) is 16.5. The number of likely N-dealkylation sites (tertiary alicyclic amines) is 1. The molecule has 1 aliphatic rings. The van der Waals surface area contributed by atoms with Gasteiger partial charge in [-0.3, -0.25) is 14.7 Å². The van der Waals surface area contributed by atoms with E-state index in [0.29, 0.717) is 47.7 Å². The predicted octanol–water partition coefficient (Wildman–Crippen LogP) is 8.54. The second-order valence-corrected chi connectivity index (χ2v) is 12.8. The Hall–Kier alpha value is -5.20. The Labute approximate surface area is 297 Å². The van der Waals surface area contributed by atoms with Gasteiger partial charge < -0.3 is 19.3 Å². The van der Waals surface area contributed by atoms with Crippen LogP contribution in [0.1, 0.15) is 34.2 Å². The highest BCUT2D eigenvalue weighted by atomic mass is 35.5. The SMILES string of the molecule is [C-]#[N+]c1cncc(COc2cc(OCc3cccc(-c4cccc(-c5ccc(OCC=O)cc5)c4C)c3C)c(Cl)cc2CN2CC[C@@H](O)C2)c1. The van der Waals surface area contributed by atoms with Gasteiger partial charge in [-0.05, 0) is 89.0 Å². The fraction of sp³-hybridized carbons (Fsp3) is 0.244. The Morgan fingerprint density at radius 2 is 1.64 bits per heavy atom. The van der Waals surface area contributed by atoms with Gasteiger partial charge in [0.25, 0.3) is 0 Å². The summed E-state index contributed by atoms with van der Waals surface area (Å²) in [5.41, 5.74) is 9.83. The van der Waals surface area contributed by atoms with E-state index in [1.54, 1.807) is 12.3 Å². The predicted molar refractivity (Wildman–Crippen MR) is 195 cm³/mol. The molecule has 2 heterocycles. The first-order chi connectivity index (χ1) is 24.3. The third-order valence-electron chi connectivity index (χ3n) is 9.00. The zero-order valence-corrected chi connectivity index (χ0v) is 28.8. The summed E-state index contributed by atoms with van der Waals surface area (Å²) in [6, 6.07) is 25.8. The van der Waals surface area contributed by atoms with Crippen LogP contribution in [0, 0.1) is 20.4 Å². The highest BCUT2D eigenvalue weighted by Crippen LogP contribution is 2.37. The van der Waals surface area contributed by atoms with Gasteiger partial charge in [0.15, 0.2) is 6.29 Å². The summed E-state index contributed by atoms with van der Waals surface area (Å²) in [4.78, 5) is 20.5. The first-order valence-corrected chi connectivity index (χ1v) is 16.9. The second kappa shape index (κ2) is 16.0. The Balaban J connectivity index is 1.23. The minimum absolute atomic E-state index is 0.0298. The van der Waals surface area contributed by atoms with E-state index in [1.807, 2.05) is 42.5 Å². The number of hydrogen-bond acceptors (Lipinski definition) is 7. The number of β-amino-alcohol motifs (C(OH)–C–C–N with tert-alkyl or cyclic N) is 1. The maximum atomic E-state index is 10.7. The van der Waals surface area contributed by atoms with Crippen molar-refractivity contribution in [1.29, 1.82) is 0 Å². The van der Waals surface area contributed by atoms with E-state index in [4.69, 9.17) is 32.4 Å². The number of rotatable bonds is 13. The Bertz CT molecular complexity index is 2020. The molecule has 0 amide bonds. The van der Waals surface area contributed by atoms with Crippen LogP contribution in [0.3, 0.4) is 0 Å². The van der Waals surface area contributed by atoms with Crippen LogP contribution in [-0.2, 0) is 24.6 Å². The smallest absolute Gasteiger partial charge is 0.205 e. The Morgan fingerprint density at radius 3 is 2.38 bits per heavy atom. The molecule has 0 spiro atoms. The van der Waals surface area contributed by atoms with Crippen molar-refractivity contribution in [3.05, 3.63) is 136 Å². The quantitative estimate of drug-likeness (QED) is 0.0981. The number of halogens is 1. The fourth-order valence-corrected chi connectivity index (χ4v) is 6.55. The van der Waals surface area contributed by atoms with Gasteiger partial charge in [-0.25, -0.2) is 4.85 Å². The van der Waals surface area contributed by atoms with Crippen molar-refractivity contribution >= 4 is 23.6 Å². The number of aromatic nitrogens is 1. The van der Waals surface area contributed by atoms with Crippen LogP contribution in [-0.4, -0.2) is 47.1 Å². The molecule has 5 aromatic rings. The molecular formula is C41H38ClN3O5. The molecule has 254 valence electrons. The molecule has 1 aliphatic heterocycles. The third-order valence-corrected chi connectivity index (χ3v) is 9.29. The molecule has 1 N–H and O–H groups in total. The summed E-state index contributed by atoms with van der Waals surface area (Å²) in [6.07, 6.45) is 4.34. The molecule has 0 bridgehead atoms. The number of carbonyl (C=O) groups is 1. The summed E-state index contributed by atoms with van der Waals surface area (Å²) in [5, 5.41) is 10.6. The number of aldehydes is 1. The van der Waals surface area contributed by atoms with Crippen molar-refractivity contribution in [2.24, 2.45) is 0 Å². The molecular weight excluding hydrogens is 650 g/mol. The number of carbonyl (C=O) groups excluding carboxylic acids is 1.